The Labute approximate surface area is 105 Å². The van der Waals surface area contributed by atoms with Crippen LogP contribution in [0.25, 0.3) is 0 Å². The van der Waals surface area contributed by atoms with Crippen molar-refractivity contribution in [1.82, 2.24) is 0 Å². The maximum Gasteiger partial charge on any atom is 0.186 e. The Morgan fingerprint density at radius 1 is 1.00 bits per heavy atom. The Morgan fingerprint density at radius 3 is 2.44 bits per heavy atom. The third-order valence-electron chi connectivity index (χ3n) is 3.12. The van der Waals surface area contributed by atoms with Gasteiger partial charge in [0.25, 0.3) is 0 Å². The van der Waals surface area contributed by atoms with E-state index in [1.54, 1.807) is 6.07 Å². The molecule has 1 aliphatic rings. The topological polar surface area (TPSA) is 52.9 Å². The molecule has 0 amide bonds. The van der Waals surface area contributed by atoms with E-state index in [0.29, 0.717) is 5.56 Å². The second kappa shape index (κ2) is 4.01. The summed E-state index contributed by atoms with van der Waals surface area (Å²) in [5, 5.41) is 12.5. The van der Waals surface area contributed by atoms with Crippen LogP contribution in [0.2, 0.25) is 0 Å². The van der Waals surface area contributed by atoms with Crippen LogP contribution in [0.4, 0.5) is 11.4 Å². The van der Waals surface area contributed by atoms with Gasteiger partial charge in [0, 0.05) is 22.5 Å². The van der Waals surface area contributed by atoms with E-state index >= 15 is 0 Å². The van der Waals surface area contributed by atoms with Crippen LogP contribution in [0.3, 0.4) is 0 Å². The minimum Gasteiger partial charge on any atom is -0.355 e. The van der Waals surface area contributed by atoms with Crippen molar-refractivity contribution in [3.63, 3.8) is 0 Å². The van der Waals surface area contributed by atoms with E-state index in [2.05, 4.69) is 11.4 Å². The van der Waals surface area contributed by atoms with Gasteiger partial charge in [-0.15, -0.1) is 0 Å². The fourth-order valence-electron chi connectivity index (χ4n) is 2.24. The van der Waals surface area contributed by atoms with Gasteiger partial charge < -0.3 is 5.32 Å². The molecule has 0 spiro atoms. The number of fused-ring (bicyclic) bond motifs is 2. The van der Waals surface area contributed by atoms with Crippen LogP contribution in [0.5, 0.6) is 0 Å². The van der Waals surface area contributed by atoms with Gasteiger partial charge in [-0.2, -0.15) is 5.26 Å². The summed E-state index contributed by atoms with van der Waals surface area (Å²) in [7, 11) is 0. The van der Waals surface area contributed by atoms with Gasteiger partial charge in [-0.3, -0.25) is 4.79 Å². The van der Waals surface area contributed by atoms with Crippen LogP contribution in [0, 0.1) is 11.3 Å². The number of carbonyl (C=O) groups excluding carboxylic acids is 1. The molecule has 1 unspecified atom stereocenters. The van der Waals surface area contributed by atoms with Crippen molar-refractivity contribution >= 4 is 17.2 Å². The highest BCUT2D eigenvalue weighted by Crippen LogP contribution is 2.35. The Morgan fingerprint density at radius 2 is 1.67 bits per heavy atom. The molecule has 3 heteroatoms. The molecule has 0 saturated carbocycles. The Balaban J connectivity index is 2.27. The van der Waals surface area contributed by atoms with Crippen LogP contribution >= 0.6 is 0 Å². The van der Waals surface area contributed by atoms with Gasteiger partial charge in [-0.05, 0) is 18.2 Å². The Bertz CT molecular complexity index is 670. The smallest absolute Gasteiger partial charge is 0.186 e. The lowest BCUT2D eigenvalue weighted by Crippen LogP contribution is -2.09. The normalized spacial score (nSPS) is 16.8. The molecule has 18 heavy (non-hydrogen) atoms. The number of nitriles is 1. The SMILES string of the molecule is N#CC1C(=O)c2ccccc2Nc2ccccc21. The molecule has 3 nitrogen and oxygen atoms in total. The molecule has 86 valence electrons. The monoisotopic (exact) mass is 234 g/mol. The summed E-state index contributed by atoms with van der Waals surface area (Å²) >= 11 is 0. The van der Waals surface area contributed by atoms with E-state index < -0.39 is 5.92 Å². The Hall–Kier alpha value is -2.60. The number of benzene rings is 2. The first-order valence-corrected chi connectivity index (χ1v) is 5.70. The second-order valence-electron chi connectivity index (χ2n) is 4.18. The van der Waals surface area contributed by atoms with Gasteiger partial charge in [0.05, 0.1) is 6.07 Å². The number of para-hydroxylation sites is 2. The first kappa shape index (κ1) is 10.5. The van der Waals surface area contributed by atoms with Crippen molar-refractivity contribution < 1.29 is 4.79 Å². The van der Waals surface area contributed by atoms with Crippen LogP contribution in [0.1, 0.15) is 21.8 Å². The van der Waals surface area contributed by atoms with E-state index in [0.717, 1.165) is 16.9 Å². The van der Waals surface area contributed by atoms with Crippen molar-refractivity contribution in [2.75, 3.05) is 5.32 Å². The number of rotatable bonds is 0. The number of anilines is 2. The molecule has 0 aliphatic carbocycles. The highest BCUT2D eigenvalue weighted by Gasteiger charge is 2.28. The number of nitrogens with one attached hydrogen (secondary N) is 1. The summed E-state index contributed by atoms with van der Waals surface area (Å²) in [6, 6.07) is 16.8. The third-order valence-corrected chi connectivity index (χ3v) is 3.12. The predicted octanol–water partition coefficient (Wildman–Crippen LogP) is 3.23. The van der Waals surface area contributed by atoms with E-state index in [1.165, 1.54) is 0 Å². The molecule has 2 aromatic carbocycles. The molecule has 1 aliphatic heterocycles. The van der Waals surface area contributed by atoms with E-state index in [9.17, 15) is 10.1 Å². The number of carbonyl (C=O) groups is 1. The van der Waals surface area contributed by atoms with E-state index in [-0.39, 0.29) is 5.78 Å². The fourth-order valence-corrected chi connectivity index (χ4v) is 2.24. The molecule has 0 radical (unpaired) electrons. The largest absolute Gasteiger partial charge is 0.355 e. The molecule has 0 aromatic heterocycles. The number of nitrogens with zero attached hydrogens (tertiary/aromatic N) is 1. The van der Waals surface area contributed by atoms with Crippen LogP contribution in [-0.4, -0.2) is 5.78 Å². The van der Waals surface area contributed by atoms with Gasteiger partial charge in [0.15, 0.2) is 5.78 Å². The number of Topliss-reactive ketones (excluding diaryl/α,β-unsaturated/α-hetero) is 1. The van der Waals surface area contributed by atoms with Gasteiger partial charge in [0.1, 0.15) is 5.92 Å². The summed E-state index contributed by atoms with van der Waals surface area (Å²) < 4.78 is 0. The lowest BCUT2D eigenvalue weighted by Gasteiger charge is -2.09. The van der Waals surface area contributed by atoms with Crippen molar-refractivity contribution in [2.24, 2.45) is 0 Å². The summed E-state index contributed by atoms with van der Waals surface area (Å²) in [5.41, 5.74) is 2.89. The molecule has 2 aromatic rings. The molecule has 3 rings (SSSR count). The highest BCUT2D eigenvalue weighted by atomic mass is 16.1. The molecule has 0 bridgehead atoms. The quantitative estimate of drug-likeness (QED) is 0.761. The number of hydrogen-bond acceptors (Lipinski definition) is 3. The maximum atomic E-state index is 12.4. The molecule has 0 saturated heterocycles. The van der Waals surface area contributed by atoms with Gasteiger partial charge in [0.2, 0.25) is 0 Å². The zero-order valence-electron chi connectivity index (χ0n) is 9.55. The number of ketones is 1. The van der Waals surface area contributed by atoms with Crippen molar-refractivity contribution in [3.8, 4) is 6.07 Å². The molecule has 1 N–H and O–H groups in total. The summed E-state index contributed by atoms with van der Waals surface area (Å²) in [6.07, 6.45) is 0. The molecular formula is C15H10N2O. The highest BCUT2D eigenvalue weighted by molar-refractivity contribution is 6.09. The maximum absolute atomic E-state index is 12.4. The minimum absolute atomic E-state index is 0.148. The fraction of sp³-hybridized carbons (Fsp3) is 0.0667. The van der Waals surface area contributed by atoms with Gasteiger partial charge >= 0.3 is 0 Å². The molecular weight excluding hydrogens is 224 g/mol. The lowest BCUT2D eigenvalue weighted by atomic mass is 9.92. The van der Waals surface area contributed by atoms with Crippen LogP contribution in [0.15, 0.2) is 48.5 Å². The zero-order valence-corrected chi connectivity index (χ0v) is 9.55. The average Bonchev–Trinajstić information content (AvgIpc) is 2.53. The molecule has 1 atom stereocenters. The first-order valence-electron chi connectivity index (χ1n) is 5.70. The minimum atomic E-state index is -0.739. The average molecular weight is 234 g/mol. The number of hydrogen-bond donors (Lipinski definition) is 1. The summed E-state index contributed by atoms with van der Waals surface area (Å²) in [4.78, 5) is 12.4. The van der Waals surface area contributed by atoms with Crippen LogP contribution < -0.4 is 5.32 Å². The summed E-state index contributed by atoms with van der Waals surface area (Å²) in [5.74, 6) is -0.886. The van der Waals surface area contributed by atoms with Gasteiger partial charge in [-0.1, -0.05) is 30.3 Å². The van der Waals surface area contributed by atoms with Crippen LogP contribution in [-0.2, 0) is 0 Å². The predicted molar refractivity (Wildman–Crippen MR) is 68.9 cm³/mol. The van der Waals surface area contributed by atoms with Gasteiger partial charge in [-0.25, -0.2) is 0 Å². The second-order valence-corrected chi connectivity index (χ2v) is 4.18. The molecule has 1 heterocycles. The Kier molecular flexibility index (Phi) is 2.35. The van der Waals surface area contributed by atoms with E-state index in [1.807, 2.05) is 42.5 Å². The van der Waals surface area contributed by atoms with E-state index in [4.69, 9.17) is 0 Å². The lowest BCUT2D eigenvalue weighted by molar-refractivity contribution is 0.0980. The van der Waals surface area contributed by atoms with Crippen molar-refractivity contribution in [2.45, 2.75) is 5.92 Å². The third kappa shape index (κ3) is 1.47. The first-order chi connectivity index (χ1) is 8.81. The standard InChI is InChI=1S/C15H10N2O/c16-9-12-10-5-1-3-7-13(10)17-14-8-4-2-6-11(14)15(12)18/h1-8,12,17H. The summed E-state index contributed by atoms with van der Waals surface area (Å²) in [6.45, 7) is 0. The molecule has 0 fully saturated rings. The van der Waals surface area contributed by atoms with Crippen molar-refractivity contribution in [3.05, 3.63) is 59.7 Å². The zero-order chi connectivity index (χ0) is 12.5. The van der Waals surface area contributed by atoms with Crippen molar-refractivity contribution in [1.29, 1.82) is 5.26 Å².